The monoisotopic (exact) mass is 407 g/mol. The second-order valence-corrected chi connectivity index (χ2v) is 6.78. The van der Waals surface area contributed by atoms with Crippen molar-refractivity contribution in [3.8, 4) is 23.0 Å². The van der Waals surface area contributed by atoms with Gasteiger partial charge in [0.15, 0.2) is 11.5 Å². The molecule has 0 atom stereocenters. The van der Waals surface area contributed by atoms with E-state index in [0.29, 0.717) is 28.7 Å². The fourth-order valence-electron chi connectivity index (χ4n) is 3.14. The Bertz CT molecular complexity index is 1350. The van der Waals surface area contributed by atoms with Gasteiger partial charge in [0.1, 0.15) is 5.75 Å². The predicted octanol–water partition coefficient (Wildman–Crippen LogP) is 4.84. The van der Waals surface area contributed by atoms with E-state index in [0.717, 1.165) is 11.3 Å². The Kier molecular flexibility index (Phi) is 4.82. The van der Waals surface area contributed by atoms with Gasteiger partial charge in [0.25, 0.3) is 5.91 Å². The van der Waals surface area contributed by atoms with Gasteiger partial charge in [-0.3, -0.25) is 4.79 Å². The Morgan fingerprint density at radius 1 is 0.806 bits per heavy atom. The summed E-state index contributed by atoms with van der Waals surface area (Å²) in [6, 6.07) is 29.4. The van der Waals surface area contributed by atoms with Crippen LogP contribution in [0.5, 0.6) is 11.6 Å². The van der Waals surface area contributed by atoms with Gasteiger partial charge in [-0.15, -0.1) is 15.3 Å². The Morgan fingerprint density at radius 3 is 2.39 bits per heavy atom. The van der Waals surface area contributed by atoms with Crippen molar-refractivity contribution < 1.29 is 9.53 Å². The maximum absolute atomic E-state index is 12.6. The van der Waals surface area contributed by atoms with Crippen molar-refractivity contribution in [3.63, 3.8) is 0 Å². The van der Waals surface area contributed by atoms with Crippen LogP contribution in [0, 0.1) is 0 Å². The van der Waals surface area contributed by atoms with Gasteiger partial charge in [-0.2, -0.15) is 4.52 Å². The first kappa shape index (κ1) is 18.5. The first-order chi connectivity index (χ1) is 15.3. The Morgan fingerprint density at radius 2 is 1.58 bits per heavy atom. The van der Waals surface area contributed by atoms with E-state index in [4.69, 9.17) is 4.74 Å². The number of hydrogen-bond donors (Lipinski definition) is 1. The molecule has 0 aliphatic heterocycles. The van der Waals surface area contributed by atoms with E-state index in [1.54, 1.807) is 40.9 Å². The summed E-state index contributed by atoms with van der Waals surface area (Å²) in [5.74, 6) is 1.27. The molecule has 1 N–H and O–H groups in total. The molecule has 0 spiro atoms. The van der Waals surface area contributed by atoms with Crippen molar-refractivity contribution in [1.29, 1.82) is 0 Å². The minimum Gasteiger partial charge on any atom is -0.438 e. The Labute approximate surface area is 178 Å². The number of hydrogen-bond acceptors (Lipinski definition) is 5. The Balaban J connectivity index is 1.40. The van der Waals surface area contributed by atoms with Crippen LogP contribution in [0.15, 0.2) is 97.1 Å². The zero-order valence-corrected chi connectivity index (χ0v) is 16.3. The van der Waals surface area contributed by atoms with E-state index in [-0.39, 0.29) is 5.91 Å². The molecule has 7 nitrogen and oxygen atoms in total. The summed E-state index contributed by atoms with van der Waals surface area (Å²) < 4.78 is 7.56. The van der Waals surface area contributed by atoms with E-state index in [1.807, 2.05) is 60.7 Å². The molecule has 0 unspecified atom stereocenters. The summed E-state index contributed by atoms with van der Waals surface area (Å²) in [5, 5.41) is 15.8. The van der Waals surface area contributed by atoms with E-state index in [1.165, 1.54) is 0 Å². The van der Waals surface area contributed by atoms with Crippen LogP contribution >= 0.6 is 0 Å². The van der Waals surface area contributed by atoms with Gasteiger partial charge < -0.3 is 10.1 Å². The highest BCUT2D eigenvalue weighted by Gasteiger charge is 2.12. The summed E-state index contributed by atoms with van der Waals surface area (Å²) in [5.41, 5.74) is 2.73. The molecule has 0 bridgehead atoms. The smallest absolute Gasteiger partial charge is 0.255 e. The number of carbonyl (C=O) groups is 1. The fraction of sp³-hybridized carbons (Fsp3) is 0. The normalized spacial score (nSPS) is 10.7. The molecular formula is C24H17N5O2. The molecule has 1 amide bonds. The molecule has 0 aliphatic rings. The highest BCUT2D eigenvalue weighted by molar-refractivity contribution is 6.04. The summed E-state index contributed by atoms with van der Waals surface area (Å²) >= 11 is 0. The largest absolute Gasteiger partial charge is 0.438 e. The zero-order valence-electron chi connectivity index (χ0n) is 16.3. The molecule has 0 saturated carbocycles. The second kappa shape index (κ2) is 8.08. The molecule has 5 rings (SSSR count). The predicted molar refractivity (Wildman–Crippen MR) is 117 cm³/mol. The van der Waals surface area contributed by atoms with Gasteiger partial charge in [0, 0.05) is 22.9 Å². The lowest BCUT2D eigenvalue weighted by atomic mass is 10.2. The number of carbonyl (C=O) groups excluding carboxylic acids is 1. The number of fused-ring (bicyclic) bond motifs is 1. The van der Waals surface area contributed by atoms with E-state index >= 15 is 0 Å². The second-order valence-electron chi connectivity index (χ2n) is 6.78. The van der Waals surface area contributed by atoms with Crippen LogP contribution in [0.4, 0.5) is 5.69 Å². The van der Waals surface area contributed by atoms with Gasteiger partial charge in [-0.05, 0) is 36.4 Å². The van der Waals surface area contributed by atoms with Crippen LogP contribution in [-0.2, 0) is 0 Å². The number of anilines is 1. The van der Waals surface area contributed by atoms with Crippen LogP contribution in [0.3, 0.4) is 0 Å². The number of benzene rings is 3. The summed E-state index contributed by atoms with van der Waals surface area (Å²) in [6.07, 6.45) is 0. The van der Waals surface area contributed by atoms with Crippen LogP contribution in [0.1, 0.15) is 10.4 Å². The zero-order chi connectivity index (χ0) is 21.0. The van der Waals surface area contributed by atoms with Crippen LogP contribution in [0.25, 0.3) is 17.0 Å². The quantitative estimate of drug-likeness (QED) is 0.451. The van der Waals surface area contributed by atoms with Crippen molar-refractivity contribution in [1.82, 2.24) is 19.8 Å². The number of ether oxygens (including phenoxy) is 1. The summed E-state index contributed by atoms with van der Waals surface area (Å²) in [6.45, 7) is 0. The fourth-order valence-corrected chi connectivity index (χ4v) is 3.14. The summed E-state index contributed by atoms with van der Waals surface area (Å²) in [7, 11) is 0. The van der Waals surface area contributed by atoms with Crippen LogP contribution in [-0.4, -0.2) is 25.7 Å². The lowest BCUT2D eigenvalue weighted by molar-refractivity contribution is 0.102. The minimum absolute atomic E-state index is 0.217. The highest BCUT2D eigenvalue weighted by atomic mass is 16.5. The molecule has 3 aromatic carbocycles. The van der Waals surface area contributed by atoms with Gasteiger partial charge in [-0.1, -0.05) is 54.6 Å². The van der Waals surface area contributed by atoms with Crippen LogP contribution in [0.2, 0.25) is 0 Å². The van der Waals surface area contributed by atoms with Gasteiger partial charge in [0.2, 0.25) is 5.88 Å². The number of aromatic nitrogens is 4. The van der Waals surface area contributed by atoms with Gasteiger partial charge >= 0.3 is 0 Å². The minimum atomic E-state index is -0.217. The van der Waals surface area contributed by atoms with Crippen molar-refractivity contribution in [2.75, 3.05) is 5.32 Å². The Hall–Kier alpha value is -4.52. The molecule has 0 saturated heterocycles. The van der Waals surface area contributed by atoms with E-state index in [9.17, 15) is 4.79 Å². The molecule has 0 radical (unpaired) electrons. The van der Waals surface area contributed by atoms with Crippen molar-refractivity contribution >= 4 is 17.2 Å². The third-order valence-electron chi connectivity index (χ3n) is 4.62. The first-order valence-electron chi connectivity index (χ1n) is 9.68. The van der Waals surface area contributed by atoms with Gasteiger partial charge in [-0.25, -0.2) is 0 Å². The first-order valence-corrected chi connectivity index (χ1v) is 9.68. The lowest BCUT2D eigenvalue weighted by Gasteiger charge is -2.08. The topological polar surface area (TPSA) is 81.4 Å². The average molecular weight is 407 g/mol. The third kappa shape index (κ3) is 3.97. The van der Waals surface area contributed by atoms with E-state index < -0.39 is 0 Å². The average Bonchev–Trinajstić information content (AvgIpc) is 3.24. The third-order valence-corrected chi connectivity index (χ3v) is 4.62. The van der Waals surface area contributed by atoms with Crippen molar-refractivity contribution in [3.05, 3.63) is 103 Å². The molecule has 150 valence electrons. The number of amides is 1. The van der Waals surface area contributed by atoms with E-state index in [2.05, 4.69) is 20.6 Å². The number of rotatable bonds is 5. The molecule has 7 heteroatoms. The maximum Gasteiger partial charge on any atom is 0.255 e. The number of nitrogens with zero attached hydrogens (tertiary/aromatic N) is 4. The van der Waals surface area contributed by atoms with Crippen LogP contribution < -0.4 is 10.1 Å². The van der Waals surface area contributed by atoms with Crippen molar-refractivity contribution in [2.24, 2.45) is 0 Å². The maximum atomic E-state index is 12.6. The molecule has 0 aliphatic carbocycles. The molecule has 0 fully saturated rings. The van der Waals surface area contributed by atoms with Gasteiger partial charge in [0.05, 0.1) is 0 Å². The standard InChI is InChI=1S/C24H17N5O2/c30-24(25-19-11-5-2-6-12-19)18-10-7-13-20(16-18)31-22-15-14-21-26-27-23(29(21)28-22)17-8-3-1-4-9-17/h1-16H,(H,25,30). The van der Waals surface area contributed by atoms with Crippen molar-refractivity contribution in [2.45, 2.75) is 0 Å². The highest BCUT2D eigenvalue weighted by Crippen LogP contribution is 2.23. The summed E-state index contributed by atoms with van der Waals surface area (Å²) in [4.78, 5) is 12.6. The molecular weight excluding hydrogens is 390 g/mol. The lowest BCUT2D eigenvalue weighted by Crippen LogP contribution is -2.11. The molecule has 5 aromatic rings. The number of nitrogens with one attached hydrogen (secondary N) is 1. The number of para-hydroxylation sites is 1. The SMILES string of the molecule is O=C(Nc1ccccc1)c1cccc(Oc2ccc3nnc(-c4ccccc4)n3n2)c1. The molecule has 31 heavy (non-hydrogen) atoms. The molecule has 2 aromatic heterocycles. The molecule has 2 heterocycles.